The number of fused-ring (bicyclic) bond motifs is 1. The number of anilines is 2. The van der Waals surface area contributed by atoms with Gasteiger partial charge in [0.2, 0.25) is 6.17 Å². The Labute approximate surface area is 254 Å². The quantitative estimate of drug-likeness (QED) is 0.208. The van der Waals surface area contributed by atoms with E-state index in [4.69, 9.17) is 9.73 Å². The van der Waals surface area contributed by atoms with Gasteiger partial charge in [0.15, 0.2) is 11.6 Å². The first-order chi connectivity index (χ1) is 20.2. The van der Waals surface area contributed by atoms with Gasteiger partial charge in [-0.05, 0) is 36.7 Å². The van der Waals surface area contributed by atoms with E-state index in [9.17, 15) is 14.4 Å². The molecule has 1 aliphatic heterocycles. The summed E-state index contributed by atoms with van der Waals surface area (Å²) in [7, 11) is -1.22. The van der Waals surface area contributed by atoms with E-state index < -0.39 is 31.6 Å². The van der Waals surface area contributed by atoms with E-state index >= 15 is 0 Å². The van der Waals surface area contributed by atoms with E-state index in [1.165, 1.54) is 4.90 Å². The van der Waals surface area contributed by atoms with Crippen molar-refractivity contribution in [2.75, 3.05) is 23.4 Å². The van der Waals surface area contributed by atoms with Crippen molar-refractivity contribution in [1.82, 2.24) is 15.3 Å². The van der Waals surface area contributed by atoms with Crippen molar-refractivity contribution in [3.05, 3.63) is 77.4 Å². The zero-order chi connectivity index (χ0) is 31.4. The van der Waals surface area contributed by atoms with Crippen LogP contribution >= 0.6 is 0 Å². The van der Waals surface area contributed by atoms with Crippen LogP contribution in [0.5, 0.6) is 0 Å². The summed E-state index contributed by atoms with van der Waals surface area (Å²) in [4.78, 5) is 54.3. The summed E-state index contributed by atoms with van der Waals surface area (Å²) >= 11 is 0. The average Bonchev–Trinajstić information content (AvgIpc) is 3.35. The number of nitrogens with zero attached hydrogens (tertiary/aromatic N) is 3. The number of aryl methyl sites for hydroxylation is 1. The van der Waals surface area contributed by atoms with Gasteiger partial charge < -0.3 is 25.3 Å². The monoisotopic (exact) mass is 602 g/mol. The second-order valence-corrected chi connectivity index (χ2v) is 18.7. The Morgan fingerprint density at radius 3 is 2.53 bits per heavy atom. The van der Waals surface area contributed by atoms with Crippen molar-refractivity contribution >= 4 is 42.9 Å². The number of carbonyl (C=O) groups is 3. The largest absolute Gasteiger partial charge is 0.375 e. The topological polar surface area (TPSA) is 129 Å². The highest BCUT2D eigenvalue weighted by Crippen LogP contribution is 2.29. The molecule has 10 nitrogen and oxygen atoms in total. The van der Waals surface area contributed by atoms with Crippen LogP contribution in [-0.2, 0) is 20.9 Å². The number of benzodiazepines with no additional fused rings is 1. The molecule has 3 aromatic rings. The van der Waals surface area contributed by atoms with E-state index in [1.807, 2.05) is 58.0 Å². The van der Waals surface area contributed by atoms with E-state index in [1.54, 1.807) is 24.4 Å². The van der Waals surface area contributed by atoms with Crippen molar-refractivity contribution in [1.29, 1.82) is 0 Å². The third-order valence-electron chi connectivity index (χ3n) is 7.00. The number of H-pyrrole nitrogens is 1. The van der Waals surface area contributed by atoms with Crippen molar-refractivity contribution in [3.8, 4) is 0 Å². The lowest BCUT2D eigenvalue weighted by Crippen LogP contribution is -2.50. The maximum Gasteiger partial charge on any atom is 0.321 e. The second kappa shape index (κ2) is 13.0. The van der Waals surface area contributed by atoms with Crippen molar-refractivity contribution < 1.29 is 19.1 Å². The molecule has 1 aliphatic rings. The summed E-state index contributed by atoms with van der Waals surface area (Å²) < 4.78 is 5.90. The number of urea groups is 1. The average molecular weight is 603 g/mol. The van der Waals surface area contributed by atoms with Crippen molar-refractivity contribution in [2.45, 2.75) is 66.2 Å². The lowest BCUT2D eigenvalue weighted by Gasteiger charge is -2.28. The number of para-hydroxylation sites is 1. The maximum absolute atomic E-state index is 14.0. The summed E-state index contributed by atoms with van der Waals surface area (Å²) in [6.07, 6.45) is 0.372. The molecular formula is C32H42N6O4Si. The summed E-state index contributed by atoms with van der Waals surface area (Å²) in [5.41, 5.74) is 3.16. The number of Topliss-reactive ketones (excluding diaryl/α,β-unsaturated/α-hetero) is 1. The predicted molar refractivity (Wildman–Crippen MR) is 172 cm³/mol. The van der Waals surface area contributed by atoms with Crippen molar-refractivity contribution in [2.24, 2.45) is 10.4 Å². The number of hydrogen-bond acceptors (Lipinski definition) is 6. The molecule has 3 amide bonds. The molecule has 0 saturated carbocycles. The van der Waals surface area contributed by atoms with Crippen LogP contribution < -0.4 is 15.5 Å². The molecule has 0 aliphatic carbocycles. The lowest BCUT2D eigenvalue weighted by atomic mass is 9.90. The van der Waals surface area contributed by atoms with Gasteiger partial charge in [-0.3, -0.25) is 9.59 Å². The maximum atomic E-state index is 14.0. The van der Waals surface area contributed by atoms with Gasteiger partial charge in [-0.25, -0.2) is 14.8 Å². The number of amides is 3. The van der Waals surface area contributed by atoms with E-state index in [0.717, 1.165) is 17.3 Å². The number of ether oxygens (including phenoxy) is 1. The van der Waals surface area contributed by atoms with Gasteiger partial charge in [0.1, 0.15) is 5.71 Å². The fourth-order valence-electron chi connectivity index (χ4n) is 4.38. The molecule has 4 rings (SSSR count). The number of imidazole rings is 1. The minimum atomic E-state index is -1.32. The van der Waals surface area contributed by atoms with E-state index in [0.29, 0.717) is 41.7 Å². The van der Waals surface area contributed by atoms with Crippen LogP contribution in [0, 0.1) is 12.3 Å². The van der Waals surface area contributed by atoms with Gasteiger partial charge in [-0.1, -0.05) is 70.7 Å². The Hall–Kier alpha value is -4.09. The molecule has 2 heterocycles. The highest BCUT2D eigenvalue weighted by Gasteiger charge is 2.36. The van der Waals surface area contributed by atoms with Crippen LogP contribution in [0.4, 0.5) is 16.2 Å². The number of aliphatic imine (C=N–C) groups is 1. The molecule has 1 unspecified atom stereocenters. The van der Waals surface area contributed by atoms with Crippen LogP contribution in [0.3, 0.4) is 0 Å². The molecule has 0 fully saturated rings. The number of carbonyl (C=O) groups excluding carboxylic acids is 3. The summed E-state index contributed by atoms with van der Waals surface area (Å²) in [5, 5.41) is 5.49. The van der Waals surface area contributed by atoms with Crippen LogP contribution in [0.1, 0.15) is 43.4 Å². The highest BCUT2D eigenvalue weighted by atomic mass is 28.3. The van der Waals surface area contributed by atoms with Crippen LogP contribution in [0.15, 0.2) is 59.7 Å². The minimum Gasteiger partial charge on any atom is -0.375 e. The van der Waals surface area contributed by atoms with Crippen molar-refractivity contribution in [3.63, 3.8) is 0 Å². The van der Waals surface area contributed by atoms with E-state index in [2.05, 4.69) is 40.2 Å². The van der Waals surface area contributed by atoms with Gasteiger partial charge in [0.25, 0.3) is 5.91 Å². The second-order valence-electron chi connectivity index (χ2n) is 13.1. The molecule has 0 spiro atoms. The Morgan fingerprint density at radius 2 is 1.84 bits per heavy atom. The molecule has 228 valence electrons. The highest BCUT2D eigenvalue weighted by molar-refractivity contribution is 6.76. The Kier molecular flexibility index (Phi) is 9.66. The summed E-state index contributed by atoms with van der Waals surface area (Å²) in [6.45, 7) is 15.1. The fourth-order valence-corrected chi connectivity index (χ4v) is 5.14. The molecule has 11 heteroatoms. The molecule has 2 aromatic carbocycles. The third-order valence-corrected chi connectivity index (χ3v) is 8.70. The zero-order valence-corrected chi connectivity index (χ0v) is 27.1. The molecule has 0 saturated heterocycles. The number of benzene rings is 2. The number of rotatable bonds is 10. The molecule has 0 radical (unpaired) electrons. The lowest BCUT2D eigenvalue weighted by molar-refractivity contribution is -0.127. The van der Waals surface area contributed by atoms with Gasteiger partial charge >= 0.3 is 6.03 Å². The molecule has 1 atom stereocenters. The van der Waals surface area contributed by atoms with Gasteiger partial charge in [0.05, 0.1) is 30.7 Å². The summed E-state index contributed by atoms with van der Waals surface area (Å²) in [5.74, 6) is -0.224. The smallest absolute Gasteiger partial charge is 0.321 e. The molecule has 43 heavy (non-hydrogen) atoms. The number of aromatic amines is 1. The first kappa shape index (κ1) is 31.8. The third kappa shape index (κ3) is 8.48. The summed E-state index contributed by atoms with van der Waals surface area (Å²) in [6, 6.07) is 15.0. The number of nitrogens with one attached hydrogen (secondary N) is 3. The molecule has 0 bridgehead atoms. The minimum absolute atomic E-state index is 0.127. The number of ketones is 1. The van der Waals surface area contributed by atoms with E-state index in [-0.39, 0.29) is 12.3 Å². The normalized spacial score (nSPS) is 15.4. The van der Waals surface area contributed by atoms with Gasteiger partial charge in [0, 0.05) is 31.3 Å². The number of aromatic nitrogens is 2. The predicted octanol–water partition coefficient (Wildman–Crippen LogP) is 5.52. The van der Waals surface area contributed by atoms with Gasteiger partial charge in [-0.2, -0.15) is 0 Å². The Balaban J connectivity index is 1.68. The molecule has 3 N–H and O–H groups in total. The van der Waals surface area contributed by atoms with Gasteiger partial charge in [-0.15, -0.1) is 0 Å². The van der Waals surface area contributed by atoms with Crippen LogP contribution in [0.25, 0.3) is 0 Å². The fraction of sp³-hybridized carbons (Fsp3) is 0.406. The SMILES string of the molecule is Cc1cccc(NC(=O)NC2N=C(c3ncc(COCC[Si](C)(C)C)[nH]3)c3ccccc3N(CC(=O)C(C)(C)C)C2=O)c1. The molecule has 1 aromatic heterocycles. The number of hydrogen-bond donors (Lipinski definition) is 3. The first-order valence-corrected chi connectivity index (χ1v) is 18.2. The zero-order valence-electron chi connectivity index (χ0n) is 26.1. The first-order valence-electron chi connectivity index (χ1n) is 14.5. The Morgan fingerprint density at radius 1 is 1.09 bits per heavy atom. The van der Waals surface area contributed by atoms with Crippen LogP contribution in [0.2, 0.25) is 25.7 Å². The molecular weight excluding hydrogens is 560 g/mol. The van der Waals surface area contributed by atoms with Crippen LogP contribution in [-0.4, -0.2) is 60.8 Å². The Bertz CT molecular complexity index is 1520. The standard InChI is InChI=1S/C32H42N6O4Si/c1-21-11-10-12-22(17-21)35-31(41)37-29-30(40)38(19-26(39)32(2,3)4)25-14-9-8-13-24(25)27(36-29)28-33-18-23(34-28)20-42-15-16-43(5,6)7/h8-14,17-18,29H,15-16,19-20H2,1-7H3,(H,33,34)(H2,35,37,41).